The Bertz CT molecular complexity index is 746. The standard InChI is InChI=1S/C26H57N3O3Si3/c1-24(2,3)33(10,11)30-17-16-20-21(19-31-34(12,13)25(4,5)6)23(18-22(20)28-29-27)32-35(14,15)26(7,8)9/h20-23H,16-19H2,1-15H3/t20-,21-,22-,23-/m1/s1. The van der Waals surface area contributed by atoms with Crippen molar-refractivity contribution in [3.8, 4) is 0 Å². The fraction of sp³-hybridized carbons (Fsp3) is 1.00. The first kappa shape index (κ1) is 32.9. The van der Waals surface area contributed by atoms with Gasteiger partial charge < -0.3 is 13.3 Å². The highest BCUT2D eigenvalue weighted by Crippen LogP contribution is 2.46. The fourth-order valence-corrected chi connectivity index (χ4v) is 7.35. The van der Waals surface area contributed by atoms with Crippen molar-refractivity contribution in [3.63, 3.8) is 0 Å². The van der Waals surface area contributed by atoms with E-state index in [1.54, 1.807) is 0 Å². The van der Waals surface area contributed by atoms with Gasteiger partial charge in [0.1, 0.15) is 0 Å². The van der Waals surface area contributed by atoms with Gasteiger partial charge in [-0.25, -0.2) is 0 Å². The summed E-state index contributed by atoms with van der Waals surface area (Å²) in [6.07, 6.45) is 1.69. The minimum Gasteiger partial charge on any atom is -0.417 e. The molecule has 0 saturated heterocycles. The lowest BCUT2D eigenvalue weighted by Gasteiger charge is -2.42. The van der Waals surface area contributed by atoms with Crippen molar-refractivity contribution in [2.75, 3.05) is 13.2 Å². The zero-order valence-corrected chi connectivity index (χ0v) is 28.7. The van der Waals surface area contributed by atoms with Crippen LogP contribution in [0, 0.1) is 11.8 Å². The molecule has 1 aliphatic rings. The molecule has 6 nitrogen and oxygen atoms in total. The molecule has 206 valence electrons. The van der Waals surface area contributed by atoms with E-state index in [4.69, 9.17) is 13.3 Å². The number of rotatable bonds is 10. The molecule has 0 spiro atoms. The lowest BCUT2D eigenvalue weighted by Crippen LogP contribution is -2.47. The molecule has 0 heterocycles. The molecule has 1 aliphatic carbocycles. The van der Waals surface area contributed by atoms with Crippen molar-refractivity contribution in [3.05, 3.63) is 10.4 Å². The van der Waals surface area contributed by atoms with Crippen LogP contribution in [0.1, 0.15) is 75.2 Å². The highest BCUT2D eigenvalue weighted by molar-refractivity contribution is 6.75. The van der Waals surface area contributed by atoms with Gasteiger partial charge in [-0.1, -0.05) is 67.4 Å². The van der Waals surface area contributed by atoms with Crippen molar-refractivity contribution in [1.82, 2.24) is 0 Å². The van der Waals surface area contributed by atoms with Crippen LogP contribution in [0.5, 0.6) is 0 Å². The second-order valence-electron chi connectivity index (χ2n) is 15.2. The molecule has 1 fully saturated rings. The zero-order valence-electron chi connectivity index (χ0n) is 25.7. The third-order valence-electron chi connectivity index (χ3n) is 9.61. The third-order valence-corrected chi connectivity index (χ3v) is 23.2. The van der Waals surface area contributed by atoms with Crippen LogP contribution in [-0.2, 0) is 13.3 Å². The maximum atomic E-state index is 9.38. The molecular formula is C26H57N3O3Si3. The van der Waals surface area contributed by atoms with Gasteiger partial charge in [0.15, 0.2) is 25.0 Å². The molecule has 0 amide bonds. The van der Waals surface area contributed by atoms with Gasteiger partial charge in [-0.2, -0.15) is 0 Å². The van der Waals surface area contributed by atoms with Crippen LogP contribution in [0.3, 0.4) is 0 Å². The molecule has 1 saturated carbocycles. The molecule has 35 heavy (non-hydrogen) atoms. The lowest BCUT2D eigenvalue weighted by atomic mass is 9.91. The number of hydrogen-bond acceptors (Lipinski definition) is 4. The van der Waals surface area contributed by atoms with Crippen LogP contribution in [0.4, 0.5) is 0 Å². The normalized spacial score (nSPS) is 25.0. The summed E-state index contributed by atoms with van der Waals surface area (Å²) >= 11 is 0. The molecule has 9 heteroatoms. The molecule has 0 unspecified atom stereocenters. The third kappa shape index (κ3) is 8.42. The van der Waals surface area contributed by atoms with Crippen LogP contribution in [0.25, 0.3) is 10.4 Å². The van der Waals surface area contributed by atoms with Gasteiger partial charge >= 0.3 is 0 Å². The van der Waals surface area contributed by atoms with Crippen LogP contribution in [0.15, 0.2) is 5.11 Å². The maximum absolute atomic E-state index is 9.38. The zero-order chi connectivity index (χ0) is 27.7. The molecule has 0 aliphatic heterocycles. The Morgan fingerprint density at radius 1 is 0.743 bits per heavy atom. The summed E-state index contributed by atoms with van der Waals surface area (Å²) < 4.78 is 20.3. The Hall–Kier alpha value is -0.159. The molecule has 0 aromatic carbocycles. The molecule has 0 N–H and O–H groups in total. The number of azide groups is 1. The first-order valence-corrected chi connectivity index (χ1v) is 22.2. The number of hydrogen-bond donors (Lipinski definition) is 0. The topological polar surface area (TPSA) is 76.5 Å². The maximum Gasteiger partial charge on any atom is 0.192 e. The van der Waals surface area contributed by atoms with Crippen molar-refractivity contribution < 1.29 is 13.3 Å². The first-order valence-electron chi connectivity index (χ1n) is 13.5. The van der Waals surface area contributed by atoms with Gasteiger partial charge in [-0.05, 0) is 78.7 Å². The van der Waals surface area contributed by atoms with Gasteiger partial charge in [-0.15, -0.1) is 0 Å². The summed E-state index contributed by atoms with van der Waals surface area (Å²) in [5, 5.41) is 4.72. The Balaban J connectivity index is 3.24. The monoisotopic (exact) mass is 543 g/mol. The van der Waals surface area contributed by atoms with E-state index in [2.05, 4.69) is 112 Å². The molecule has 4 atom stereocenters. The van der Waals surface area contributed by atoms with Gasteiger partial charge in [0, 0.05) is 30.1 Å². The quantitative estimate of drug-likeness (QED) is 0.119. The van der Waals surface area contributed by atoms with Crippen molar-refractivity contribution >= 4 is 25.0 Å². The predicted octanol–water partition coefficient (Wildman–Crippen LogP) is 9.13. The van der Waals surface area contributed by atoms with E-state index in [1.165, 1.54) is 0 Å². The summed E-state index contributed by atoms with van der Waals surface area (Å²) in [5.74, 6) is 0.409. The fourth-order valence-electron chi connectivity index (χ4n) is 3.86. The summed E-state index contributed by atoms with van der Waals surface area (Å²) in [7, 11) is -5.77. The largest absolute Gasteiger partial charge is 0.417 e. The van der Waals surface area contributed by atoms with E-state index in [1.807, 2.05) is 0 Å². The summed E-state index contributed by atoms with van der Waals surface area (Å²) in [5.41, 5.74) is 9.38. The van der Waals surface area contributed by atoms with Crippen molar-refractivity contribution in [2.24, 2.45) is 17.0 Å². The van der Waals surface area contributed by atoms with Crippen molar-refractivity contribution in [1.29, 1.82) is 0 Å². The molecule has 0 aromatic heterocycles. The molecule has 1 rings (SSSR count). The Kier molecular flexibility index (Phi) is 10.6. The summed E-state index contributed by atoms with van der Waals surface area (Å²) in [6, 6.07) is -0.0780. The summed E-state index contributed by atoms with van der Waals surface area (Å²) in [4.78, 5) is 3.24. The van der Waals surface area contributed by atoms with E-state index in [9.17, 15) is 5.53 Å². The van der Waals surface area contributed by atoms with Crippen LogP contribution >= 0.6 is 0 Å². The van der Waals surface area contributed by atoms with Crippen molar-refractivity contribution in [2.45, 2.75) is 142 Å². The average molecular weight is 544 g/mol. The smallest absolute Gasteiger partial charge is 0.192 e. The average Bonchev–Trinajstić information content (AvgIpc) is 2.93. The Morgan fingerprint density at radius 3 is 1.63 bits per heavy atom. The predicted molar refractivity (Wildman–Crippen MR) is 158 cm³/mol. The van der Waals surface area contributed by atoms with Gasteiger partial charge in [0.25, 0.3) is 0 Å². The van der Waals surface area contributed by atoms with Gasteiger partial charge in [0.05, 0.1) is 6.10 Å². The SMILES string of the molecule is CC(C)(C)[Si](C)(C)OCC[C@@H]1[C@@H](CO[Si](C)(C)C(C)(C)C)[C@H](O[Si](C)(C)C(C)(C)C)C[C@H]1N=[N+]=[N-]. The van der Waals surface area contributed by atoms with E-state index in [0.29, 0.717) is 13.2 Å². The molecule has 0 aromatic rings. The lowest BCUT2D eigenvalue weighted by molar-refractivity contribution is 0.0761. The van der Waals surface area contributed by atoms with Crippen LogP contribution in [0.2, 0.25) is 54.4 Å². The van der Waals surface area contributed by atoms with Crippen LogP contribution < -0.4 is 0 Å². The van der Waals surface area contributed by atoms with Gasteiger partial charge in [-0.3, -0.25) is 0 Å². The highest BCUT2D eigenvalue weighted by Gasteiger charge is 2.49. The second kappa shape index (κ2) is 11.3. The first-order chi connectivity index (χ1) is 15.5. The van der Waals surface area contributed by atoms with E-state index in [-0.39, 0.29) is 39.1 Å². The number of nitrogens with zero attached hydrogens (tertiary/aromatic N) is 3. The Morgan fingerprint density at radius 2 is 1.20 bits per heavy atom. The molecular weight excluding hydrogens is 487 g/mol. The minimum absolute atomic E-state index is 0.0500. The van der Waals surface area contributed by atoms with Gasteiger partial charge in [0.2, 0.25) is 0 Å². The molecule has 0 bridgehead atoms. The van der Waals surface area contributed by atoms with E-state index >= 15 is 0 Å². The highest BCUT2D eigenvalue weighted by atomic mass is 28.4. The molecule has 0 radical (unpaired) electrons. The second-order valence-corrected chi connectivity index (χ2v) is 29.6. The Labute approximate surface area is 220 Å². The summed E-state index contributed by atoms with van der Waals surface area (Å²) in [6.45, 7) is 35.7. The van der Waals surface area contributed by atoms with Crippen LogP contribution in [-0.4, -0.2) is 50.3 Å². The van der Waals surface area contributed by atoms with E-state index in [0.717, 1.165) is 12.8 Å². The minimum atomic E-state index is -1.99. The van der Waals surface area contributed by atoms with E-state index < -0.39 is 25.0 Å².